The number of amides is 2. The van der Waals surface area contributed by atoms with Crippen molar-refractivity contribution in [3.63, 3.8) is 0 Å². The van der Waals surface area contributed by atoms with Gasteiger partial charge in [-0.3, -0.25) is 19.2 Å². The zero-order chi connectivity index (χ0) is 28.0. The number of anilines is 2. The predicted molar refractivity (Wildman–Crippen MR) is 132 cm³/mol. The number of aromatic carboxylic acids is 2. The predicted octanol–water partition coefficient (Wildman–Crippen LogP) is 3.44. The Hall–Kier alpha value is -5.52. The van der Waals surface area contributed by atoms with E-state index >= 15 is 0 Å². The molecule has 0 saturated carbocycles. The van der Waals surface area contributed by atoms with Gasteiger partial charge in [-0.25, -0.2) is 9.59 Å². The minimum Gasteiger partial charge on any atom is -0.478 e. The van der Waals surface area contributed by atoms with Gasteiger partial charge in [-0.15, -0.1) is 0 Å². The summed E-state index contributed by atoms with van der Waals surface area (Å²) in [6, 6.07) is 12.8. The van der Waals surface area contributed by atoms with E-state index < -0.39 is 57.9 Å². The van der Waals surface area contributed by atoms with Crippen molar-refractivity contribution in [2.75, 3.05) is 10.6 Å². The van der Waals surface area contributed by atoms with E-state index in [2.05, 4.69) is 10.6 Å². The smallest absolute Gasteiger partial charge is 0.336 e. The van der Waals surface area contributed by atoms with Crippen LogP contribution < -0.4 is 20.1 Å². The van der Waals surface area contributed by atoms with Gasteiger partial charge in [0.15, 0.2) is 0 Å². The monoisotopic (exact) mass is 520 g/mol. The number of esters is 2. The first-order valence-electron chi connectivity index (χ1n) is 10.8. The van der Waals surface area contributed by atoms with Gasteiger partial charge >= 0.3 is 23.9 Å². The Morgan fingerprint density at radius 1 is 0.553 bits per heavy atom. The molecule has 0 fully saturated rings. The van der Waals surface area contributed by atoms with Crippen LogP contribution in [0.4, 0.5) is 11.4 Å². The standard InChI is InChI=1S/C26H20N2O10/c1-13(29)37-17-7-3-15(4-8-17)27-23(31)19-11-20(22(26(35)36)12-21(19)25(33)34)24(32)28-16-5-9-18(10-6-16)38-14(2)30/h3-12H,1-2H3,(H,27,31)(H,28,32)(H,33,34)(H,35,36). The van der Waals surface area contributed by atoms with Crippen LogP contribution in [-0.2, 0) is 9.59 Å². The summed E-state index contributed by atoms with van der Waals surface area (Å²) < 4.78 is 9.82. The number of carboxylic acid groups (broad SMARTS) is 2. The number of hydrogen-bond donors (Lipinski definition) is 4. The maximum atomic E-state index is 13.0. The Kier molecular flexibility index (Phi) is 8.18. The molecule has 194 valence electrons. The first-order valence-corrected chi connectivity index (χ1v) is 10.8. The van der Waals surface area contributed by atoms with E-state index in [1.807, 2.05) is 0 Å². The zero-order valence-corrected chi connectivity index (χ0v) is 19.9. The van der Waals surface area contributed by atoms with E-state index in [1.54, 1.807) is 0 Å². The highest BCUT2D eigenvalue weighted by Gasteiger charge is 2.26. The molecule has 3 rings (SSSR count). The third-order valence-electron chi connectivity index (χ3n) is 4.86. The van der Waals surface area contributed by atoms with Crippen molar-refractivity contribution in [2.45, 2.75) is 13.8 Å². The number of carbonyl (C=O) groups excluding carboxylic acids is 4. The van der Waals surface area contributed by atoms with Crippen molar-refractivity contribution in [1.82, 2.24) is 0 Å². The van der Waals surface area contributed by atoms with Gasteiger partial charge in [0.25, 0.3) is 11.8 Å². The first kappa shape index (κ1) is 27.1. The summed E-state index contributed by atoms with van der Waals surface area (Å²) in [7, 11) is 0. The number of benzene rings is 3. The van der Waals surface area contributed by atoms with Crippen LogP contribution in [0.3, 0.4) is 0 Å². The third-order valence-corrected chi connectivity index (χ3v) is 4.86. The fourth-order valence-corrected chi connectivity index (χ4v) is 3.27. The van der Waals surface area contributed by atoms with E-state index in [0.717, 1.165) is 12.1 Å². The normalized spacial score (nSPS) is 10.2. The molecule has 3 aromatic rings. The number of hydrogen-bond acceptors (Lipinski definition) is 8. The molecule has 0 aliphatic heterocycles. The van der Waals surface area contributed by atoms with Crippen LogP contribution >= 0.6 is 0 Å². The quantitative estimate of drug-likeness (QED) is 0.253. The van der Waals surface area contributed by atoms with E-state index in [1.165, 1.54) is 62.4 Å². The summed E-state index contributed by atoms with van der Waals surface area (Å²) in [6.45, 7) is 2.44. The Balaban J connectivity index is 1.93. The van der Waals surface area contributed by atoms with E-state index in [-0.39, 0.29) is 22.9 Å². The van der Waals surface area contributed by atoms with Crippen LogP contribution in [0.1, 0.15) is 55.3 Å². The summed E-state index contributed by atoms with van der Waals surface area (Å²) >= 11 is 0. The number of carboxylic acids is 2. The lowest BCUT2D eigenvalue weighted by Gasteiger charge is -2.13. The zero-order valence-electron chi connectivity index (χ0n) is 19.9. The van der Waals surface area contributed by atoms with Crippen LogP contribution in [-0.4, -0.2) is 45.9 Å². The third kappa shape index (κ3) is 6.79. The molecule has 0 heterocycles. The molecule has 3 aromatic carbocycles. The Morgan fingerprint density at radius 2 is 0.868 bits per heavy atom. The molecule has 12 nitrogen and oxygen atoms in total. The van der Waals surface area contributed by atoms with Gasteiger partial charge < -0.3 is 30.3 Å². The molecular weight excluding hydrogens is 500 g/mol. The fourth-order valence-electron chi connectivity index (χ4n) is 3.27. The average Bonchev–Trinajstić information content (AvgIpc) is 2.84. The summed E-state index contributed by atoms with van der Waals surface area (Å²) in [5.41, 5.74) is -1.80. The lowest BCUT2D eigenvalue weighted by Crippen LogP contribution is -2.22. The maximum Gasteiger partial charge on any atom is 0.336 e. The molecule has 0 aliphatic carbocycles. The molecule has 2 amide bonds. The van der Waals surface area contributed by atoms with Crippen molar-refractivity contribution in [3.05, 3.63) is 82.9 Å². The lowest BCUT2D eigenvalue weighted by atomic mass is 9.96. The number of carbonyl (C=O) groups is 6. The maximum absolute atomic E-state index is 13.0. The second-order valence-corrected chi connectivity index (χ2v) is 7.70. The van der Waals surface area contributed by atoms with Crippen molar-refractivity contribution >= 4 is 47.1 Å². The van der Waals surface area contributed by atoms with Crippen LogP contribution in [0.2, 0.25) is 0 Å². The summed E-state index contributed by atoms with van der Waals surface area (Å²) in [5.74, 6) is -5.69. The molecule has 0 aliphatic rings. The average molecular weight is 520 g/mol. The van der Waals surface area contributed by atoms with Gasteiger partial charge in [-0.05, 0) is 60.7 Å². The van der Waals surface area contributed by atoms with E-state index in [0.29, 0.717) is 0 Å². The van der Waals surface area contributed by atoms with Gasteiger partial charge in [-0.2, -0.15) is 0 Å². The van der Waals surface area contributed by atoms with Gasteiger partial charge in [0.2, 0.25) is 0 Å². The van der Waals surface area contributed by atoms with Gasteiger partial charge in [0, 0.05) is 25.2 Å². The highest BCUT2D eigenvalue weighted by Crippen LogP contribution is 2.23. The molecule has 0 radical (unpaired) electrons. The van der Waals surface area contributed by atoms with Crippen molar-refractivity contribution < 1.29 is 48.5 Å². The van der Waals surface area contributed by atoms with Crippen LogP contribution in [0, 0.1) is 0 Å². The Labute approximate surface area is 214 Å². The minimum absolute atomic E-state index is 0.212. The first-order chi connectivity index (χ1) is 17.9. The van der Waals surface area contributed by atoms with Crippen LogP contribution in [0.5, 0.6) is 11.5 Å². The molecule has 4 N–H and O–H groups in total. The molecule has 0 spiro atoms. The van der Waals surface area contributed by atoms with E-state index in [9.17, 15) is 39.0 Å². The fraction of sp³-hybridized carbons (Fsp3) is 0.0769. The summed E-state index contributed by atoms with van der Waals surface area (Å²) in [4.78, 5) is 71.7. The number of nitrogens with one attached hydrogen (secondary N) is 2. The topological polar surface area (TPSA) is 185 Å². The molecule has 0 aromatic heterocycles. The second kappa shape index (κ2) is 11.5. The van der Waals surface area contributed by atoms with E-state index in [4.69, 9.17) is 9.47 Å². The molecule has 0 atom stereocenters. The Morgan fingerprint density at radius 3 is 1.16 bits per heavy atom. The Bertz CT molecular complexity index is 1340. The van der Waals surface area contributed by atoms with Gasteiger partial charge in [0.1, 0.15) is 11.5 Å². The second-order valence-electron chi connectivity index (χ2n) is 7.70. The highest BCUT2D eigenvalue weighted by molar-refractivity contribution is 6.16. The number of ether oxygens (including phenoxy) is 2. The molecule has 38 heavy (non-hydrogen) atoms. The summed E-state index contributed by atoms with van der Waals surface area (Å²) in [5, 5.41) is 24.1. The molecule has 0 saturated heterocycles. The van der Waals surface area contributed by atoms with Crippen LogP contribution in [0.15, 0.2) is 60.7 Å². The molecule has 0 unspecified atom stereocenters. The lowest BCUT2D eigenvalue weighted by molar-refractivity contribution is -0.132. The molecular formula is C26H20N2O10. The van der Waals surface area contributed by atoms with Crippen molar-refractivity contribution in [1.29, 1.82) is 0 Å². The van der Waals surface area contributed by atoms with Crippen molar-refractivity contribution in [2.24, 2.45) is 0 Å². The number of rotatable bonds is 8. The van der Waals surface area contributed by atoms with Gasteiger partial charge in [0.05, 0.1) is 22.3 Å². The van der Waals surface area contributed by atoms with Gasteiger partial charge in [-0.1, -0.05) is 0 Å². The van der Waals surface area contributed by atoms with Crippen LogP contribution in [0.25, 0.3) is 0 Å². The highest BCUT2D eigenvalue weighted by atomic mass is 16.5. The molecule has 12 heteroatoms. The molecule has 0 bridgehead atoms. The van der Waals surface area contributed by atoms with Crippen molar-refractivity contribution in [3.8, 4) is 11.5 Å². The largest absolute Gasteiger partial charge is 0.478 e. The summed E-state index contributed by atoms with van der Waals surface area (Å²) in [6.07, 6.45) is 0. The SMILES string of the molecule is CC(=O)Oc1ccc(NC(=O)c2cc(C(=O)Nc3ccc(OC(C)=O)cc3)c(C(=O)O)cc2C(=O)O)cc1. The minimum atomic E-state index is -1.59.